The van der Waals surface area contributed by atoms with Crippen LogP contribution in [0.2, 0.25) is 0 Å². The Labute approximate surface area is 156 Å². The monoisotopic (exact) mass is 357 g/mol. The molecule has 3 aliphatic rings. The van der Waals surface area contributed by atoms with Crippen LogP contribution in [0, 0.1) is 11.8 Å². The van der Waals surface area contributed by atoms with Gasteiger partial charge in [0.15, 0.2) is 11.6 Å². The van der Waals surface area contributed by atoms with E-state index in [1.54, 1.807) is 0 Å². The van der Waals surface area contributed by atoms with E-state index in [9.17, 15) is 4.79 Å². The second kappa shape index (κ2) is 7.80. The number of nitrogens with zero attached hydrogens (tertiary/aromatic N) is 5. The van der Waals surface area contributed by atoms with Crippen molar-refractivity contribution >= 4 is 17.5 Å². The Balaban J connectivity index is 1.31. The van der Waals surface area contributed by atoms with E-state index in [1.165, 1.54) is 25.7 Å². The van der Waals surface area contributed by atoms with Gasteiger partial charge in [-0.3, -0.25) is 4.79 Å². The van der Waals surface area contributed by atoms with Gasteiger partial charge in [0.2, 0.25) is 5.91 Å². The van der Waals surface area contributed by atoms with Crippen molar-refractivity contribution in [1.29, 1.82) is 0 Å². The standard InChI is InChI=1S/C20H31N5O/c1-16-8-10-23(11-9-16)18-6-7-19(22-21-18)24-12-14-25(15-13-24)20(26)17-4-2-3-5-17/h6-7,16-17H,2-5,8-15H2,1H3. The third kappa shape index (κ3) is 3.79. The van der Waals surface area contributed by atoms with Crippen LogP contribution in [-0.2, 0) is 4.79 Å². The highest BCUT2D eigenvalue weighted by molar-refractivity contribution is 5.79. The van der Waals surface area contributed by atoms with Crippen LogP contribution < -0.4 is 9.80 Å². The molecule has 0 bridgehead atoms. The molecular weight excluding hydrogens is 326 g/mol. The zero-order valence-corrected chi connectivity index (χ0v) is 15.9. The maximum atomic E-state index is 12.6. The molecule has 6 heteroatoms. The van der Waals surface area contributed by atoms with Crippen LogP contribution in [0.15, 0.2) is 12.1 Å². The molecule has 0 spiro atoms. The predicted molar refractivity (Wildman–Crippen MR) is 103 cm³/mol. The maximum Gasteiger partial charge on any atom is 0.225 e. The van der Waals surface area contributed by atoms with Gasteiger partial charge in [-0.25, -0.2) is 0 Å². The summed E-state index contributed by atoms with van der Waals surface area (Å²) in [6, 6.07) is 4.20. The summed E-state index contributed by atoms with van der Waals surface area (Å²) in [7, 11) is 0. The van der Waals surface area contributed by atoms with Crippen LogP contribution in [-0.4, -0.2) is 60.3 Å². The zero-order chi connectivity index (χ0) is 17.9. The Kier molecular flexibility index (Phi) is 5.27. The molecule has 142 valence electrons. The molecule has 3 heterocycles. The van der Waals surface area contributed by atoms with Crippen molar-refractivity contribution in [2.45, 2.75) is 45.4 Å². The Morgan fingerprint density at radius 2 is 1.38 bits per heavy atom. The lowest BCUT2D eigenvalue weighted by Crippen LogP contribution is -2.50. The molecule has 0 aromatic carbocycles. The Morgan fingerprint density at radius 3 is 1.92 bits per heavy atom. The molecule has 1 aliphatic carbocycles. The average molecular weight is 358 g/mol. The summed E-state index contributed by atoms with van der Waals surface area (Å²) >= 11 is 0. The number of carbonyl (C=O) groups is 1. The van der Waals surface area contributed by atoms with Crippen LogP contribution >= 0.6 is 0 Å². The van der Waals surface area contributed by atoms with Crippen LogP contribution in [0.3, 0.4) is 0 Å². The van der Waals surface area contributed by atoms with Crippen molar-refractivity contribution < 1.29 is 4.79 Å². The summed E-state index contributed by atoms with van der Waals surface area (Å²) in [5, 5.41) is 8.95. The normalized spacial score (nSPS) is 22.9. The fourth-order valence-corrected chi connectivity index (χ4v) is 4.48. The van der Waals surface area contributed by atoms with Gasteiger partial charge in [0, 0.05) is 45.2 Å². The Hall–Kier alpha value is -1.85. The van der Waals surface area contributed by atoms with E-state index in [4.69, 9.17) is 0 Å². The van der Waals surface area contributed by atoms with Crippen molar-refractivity contribution in [2.75, 3.05) is 49.1 Å². The topological polar surface area (TPSA) is 52.6 Å². The highest BCUT2D eigenvalue weighted by Crippen LogP contribution is 2.27. The Morgan fingerprint density at radius 1 is 0.846 bits per heavy atom. The molecule has 3 fully saturated rings. The van der Waals surface area contributed by atoms with E-state index in [0.29, 0.717) is 5.91 Å². The minimum atomic E-state index is 0.285. The van der Waals surface area contributed by atoms with Gasteiger partial charge in [0.25, 0.3) is 0 Å². The molecule has 1 aromatic rings. The van der Waals surface area contributed by atoms with E-state index in [-0.39, 0.29) is 5.92 Å². The molecular formula is C20H31N5O. The second-order valence-corrected chi connectivity index (χ2v) is 8.21. The first-order valence-electron chi connectivity index (χ1n) is 10.3. The molecule has 2 saturated heterocycles. The summed E-state index contributed by atoms with van der Waals surface area (Å²) in [6.45, 7) is 7.81. The van der Waals surface area contributed by atoms with Gasteiger partial charge in [-0.15, -0.1) is 10.2 Å². The number of piperidine rings is 1. The number of anilines is 2. The highest BCUT2D eigenvalue weighted by Gasteiger charge is 2.29. The van der Waals surface area contributed by atoms with Crippen molar-refractivity contribution in [3.63, 3.8) is 0 Å². The highest BCUT2D eigenvalue weighted by atomic mass is 16.2. The molecule has 0 N–H and O–H groups in total. The average Bonchev–Trinajstić information content (AvgIpc) is 3.23. The van der Waals surface area contributed by atoms with Crippen LogP contribution in [0.25, 0.3) is 0 Å². The molecule has 1 aromatic heterocycles. The largest absolute Gasteiger partial charge is 0.355 e. The molecule has 0 unspecified atom stereocenters. The van der Waals surface area contributed by atoms with Gasteiger partial charge in [-0.05, 0) is 43.7 Å². The molecule has 6 nitrogen and oxygen atoms in total. The van der Waals surface area contributed by atoms with Gasteiger partial charge in [-0.1, -0.05) is 19.8 Å². The number of piperazine rings is 1. The third-order valence-corrected chi connectivity index (χ3v) is 6.36. The summed E-state index contributed by atoms with van der Waals surface area (Å²) in [6.07, 6.45) is 7.08. The lowest BCUT2D eigenvalue weighted by Gasteiger charge is -2.36. The number of rotatable bonds is 3. The van der Waals surface area contributed by atoms with Gasteiger partial charge in [0.05, 0.1) is 0 Å². The molecule has 4 rings (SSSR count). The van der Waals surface area contributed by atoms with Crippen LogP contribution in [0.1, 0.15) is 45.4 Å². The van der Waals surface area contributed by atoms with E-state index >= 15 is 0 Å². The molecule has 26 heavy (non-hydrogen) atoms. The number of carbonyl (C=O) groups excluding carboxylic acids is 1. The lowest BCUT2D eigenvalue weighted by molar-refractivity contribution is -0.135. The van der Waals surface area contributed by atoms with Gasteiger partial charge >= 0.3 is 0 Å². The summed E-state index contributed by atoms with van der Waals surface area (Å²) in [5.74, 6) is 3.42. The van der Waals surface area contributed by atoms with E-state index in [0.717, 1.165) is 69.7 Å². The fourth-order valence-electron chi connectivity index (χ4n) is 4.48. The summed E-state index contributed by atoms with van der Waals surface area (Å²) < 4.78 is 0. The fraction of sp³-hybridized carbons (Fsp3) is 0.750. The number of amides is 1. The molecule has 0 atom stereocenters. The minimum absolute atomic E-state index is 0.285. The van der Waals surface area contributed by atoms with Gasteiger partial charge in [0.1, 0.15) is 0 Å². The number of aromatic nitrogens is 2. The van der Waals surface area contributed by atoms with E-state index in [2.05, 4.69) is 44.0 Å². The minimum Gasteiger partial charge on any atom is -0.355 e. The van der Waals surface area contributed by atoms with Gasteiger partial charge in [-0.2, -0.15) is 0 Å². The van der Waals surface area contributed by atoms with Crippen LogP contribution in [0.4, 0.5) is 11.6 Å². The summed E-state index contributed by atoms with van der Waals surface area (Å²) in [4.78, 5) is 19.2. The Bertz CT molecular complexity index is 597. The smallest absolute Gasteiger partial charge is 0.225 e. The SMILES string of the molecule is CC1CCN(c2ccc(N3CCN(C(=O)C4CCCC4)CC3)nn2)CC1. The van der Waals surface area contributed by atoms with Crippen molar-refractivity contribution in [1.82, 2.24) is 15.1 Å². The van der Waals surface area contributed by atoms with E-state index < -0.39 is 0 Å². The zero-order valence-electron chi connectivity index (χ0n) is 15.9. The quantitative estimate of drug-likeness (QED) is 0.832. The first-order valence-corrected chi connectivity index (χ1v) is 10.3. The molecule has 1 saturated carbocycles. The van der Waals surface area contributed by atoms with E-state index in [1.807, 2.05) is 0 Å². The lowest BCUT2D eigenvalue weighted by atomic mass is 9.99. The van der Waals surface area contributed by atoms with Crippen molar-refractivity contribution in [3.8, 4) is 0 Å². The van der Waals surface area contributed by atoms with Gasteiger partial charge < -0.3 is 14.7 Å². The molecule has 2 aliphatic heterocycles. The first-order chi connectivity index (χ1) is 12.7. The summed E-state index contributed by atoms with van der Waals surface area (Å²) in [5.41, 5.74) is 0. The predicted octanol–water partition coefficient (Wildman–Crippen LogP) is 2.55. The third-order valence-electron chi connectivity index (χ3n) is 6.36. The first kappa shape index (κ1) is 17.6. The van der Waals surface area contributed by atoms with Crippen molar-refractivity contribution in [3.05, 3.63) is 12.1 Å². The maximum absolute atomic E-state index is 12.6. The van der Waals surface area contributed by atoms with Crippen molar-refractivity contribution in [2.24, 2.45) is 11.8 Å². The molecule has 1 amide bonds. The van der Waals surface area contributed by atoms with Crippen LogP contribution in [0.5, 0.6) is 0 Å². The molecule has 0 radical (unpaired) electrons. The number of hydrogen-bond donors (Lipinski definition) is 0. The second-order valence-electron chi connectivity index (χ2n) is 8.21. The number of hydrogen-bond acceptors (Lipinski definition) is 5.